The lowest BCUT2D eigenvalue weighted by molar-refractivity contribution is 0.414. The van der Waals surface area contributed by atoms with Crippen molar-refractivity contribution < 1.29 is 9.47 Å². The second-order valence-corrected chi connectivity index (χ2v) is 8.49. The monoisotopic (exact) mass is 435 g/mol. The summed E-state index contributed by atoms with van der Waals surface area (Å²) in [6.45, 7) is 0. The lowest BCUT2D eigenvalue weighted by Crippen LogP contribution is -2.33. The fraction of sp³-hybridized carbons (Fsp3) is 0.182. The van der Waals surface area contributed by atoms with E-state index in [0.29, 0.717) is 0 Å². The van der Waals surface area contributed by atoms with E-state index in [-0.39, 0.29) is 0 Å². The Morgan fingerprint density at radius 3 is 1.61 bits per heavy atom. The van der Waals surface area contributed by atoms with E-state index in [1.165, 1.54) is 0 Å². The number of halogens is 3. The highest BCUT2D eigenvalue weighted by Gasteiger charge is 2.39. The lowest BCUT2D eigenvalue weighted by Gasteiger charge is -2.38. The summed E-state index contributed by atoms with van der Waals surface area (Å²) in [4.78, 5) is 2.01. The number of benzene rings is 3. The molecule has 28 heavy (non-hydrogen) atoms. The van der Waals surface area contributed by atoms with Gasteiger partial charge in [0.2, 0.25) is 3.79 Å². The normalized spacial score (nSPS) is 12.3. The average molecular weight is 437 g/mol. The highest BCUT2D eigenvalue weighted by Crippen LogP contribution is 2.48. The van der Waals surface area contributed by atoms with Gasteiger partial charge in [0.1, 0.15) is 17.5 Å². The number of ether oxygens (including phenoxy) is 2. The van der Waals surface area contributed by atoms with Crippen LogP contribution in [0.2, 0.25) is 0 Å². The molecule has 3 aromatic rings. The fourth-order valence-electron chi connectivity index (χ4n) is 3.05. The quantitative estimate of drug-likeness (QED) is 0.390. The van der Waals surface area contributed by atoms with Crippen LogP contribution in [0.4, 0.5) is 11.4 Å². The van der Waals surface area contributed by atoms with Gasteiger partial charge < -0.3 is 14.4 Å². The van der Waals surface area contributed by atoms with Crippen molar-refractivity contribution in [1.82, 2.24) is 0 Å². The van der Waals surface area contributed by atoms with E-state index in [1.807, 2.05) is 83.8 Å². The summed E-state index contributed by atoms with van der Waals surface area (Å²) in [5.41, 5.74) is 2.62. The molecule has 0 heterocycles. The lowest BCUT2D eigenvalue weighted by atomic mass is 10.0. The van der Waals surface area contributed by atoms with Crippen LogP contribution in [0.1, 0.15) is 11.6 Å². The number of methoxy groups -OCH3 is 2. The summed E-state index contributed by atoms with van der Waals surface area (Å²) < 4.78 is 8.95. The maximum atomic E-state index is 6.49. The Balaban J connectivity index is 2.15. The molecule has 0 aliphatic carbocycles. The number of rotatable bonds is 6. The zero-order valence-corrected chi connectivity index (χ0v) is 17.7. The van der Waals surface area contributed by atoms with Crippen LogP contribution < -0.4 is 14.4 Å². The molecule has 1 unspecified atom stereocenters. The number of hydrogen-bond acceptors (Lipinski definition) is 3. The van der Waals surface area contributed by atoms with Crippen molar-refractivity contribution in [2.75, 3.05) is 19.1 Å². The molecule has 3 nitrogen and oxygen atoms in total. The molecule has 0 saturated heterocycles. The molecule has 0 radical (unpaired) electrons. The van der Waals surface area contributed by atoms with Crippen LogP contribution >= 0.6 is 34.8 Å². The van der Waals surface area contributed by atoms with Crippen LogP contribution in [0.5, 0.6) is 11.5 Å². The zero-order valence-electron chi connectivity index (χ0n) is 15.5. The van der Waals surface area contributed by atoms with Crippen molar-refractivity contribution in [3.63, 3.8) is 0 Å². The second-order valence-electron chi connectivity index (χ2n) is 6.12. The molecule has 0 bridgehead atoms. The largest absolute Gasteiger partial charge is 0.497 e. The van der Waals surface area contributed by atoms with Crippen LogP contribution in [0.15, 0.2) is 78.9 Å². The molecule has 146 valence electrons. The maximum absolute atomic E-state index is 6.49. The summed E-state index contributed by atoms with van der Waals surface area (Å²) in [5.74, 6) is 1.49. The standard InChI is InChI=1S/C22H20Cl3NO2/c1-27-19-12-8-16(9-13-19)21(22(23,24)25)26(17-6-4-3-5-7-17)18-10-14-20(28-2)15-11-18/h3-15,21H,1-2H3. The first-order valence-corrected chi connectivity index (χ1v) is 9.76. The van der Waals surface area contributed by atoms with E-state index in [0.717, 1.165) is 28.4 Å². The van der Waals surface area contributed by atoms with Gasteiger partial charge in [-0.1, -0.05) is 65.1 Å². The Labute approximate surface area is 180 Å². The van der Waals surface area contributed by atoms with Gasteiger partial charge in [-0.25, -0.2) is 0 Å². The molecule has 0 aliphatic rings. The van der Waals surface area contributed by atoms with Gasteiger partial charge >= 0.3 is 0 Å². The van der Waals surface area contributed by atoms with Gasteiger partial charge in [-0.05, 0) is 54.1 Å². The van der Waals surface area contributed by atoms with Gasteiger partial charge in [-0.15, -0.1) is 0 Å². The number of nitrogens with zero attached hydrogens (tertiary/aromatic N) is 1. The third-order valence-corrected chi connectivity index (χ3v) is 5.00. The van der Waals surface area contributed by atoms with Crippen molar-refractivity contribution in [2.45, 2.75) is 9.83 Å². The first kappa shape index (κ1) is 20.7. The van der Waals surface area contributed by atoms with Crippen molar-refractivity contribution in [3.05, 3.63) is 84.4 Å². The number of hydrogen-bond donors (Lipinski definition) is 0. The van der Waals surface area contributed by atoms with Crippen molar-refractivity contribution in [3.8, 4) is 11.5 Å². The SMILES string of the molecule is COc1ccc(C(N(c2ccccc2)c2ccc(OC)cc2)C(Cl)(Cl)Cl)cc1. The van der Waals surface area contributed by atoms with Gasteiger partial charge in [0.05, 0.1) is 14.2 Å². The average Bonchev–Trinajstić information content (AvgIpc) is 2.72. The predicted molar refractivity (Wildman–Crippen MR) is 118 cm³/mol. The summed E-state index contributed by atoms with van der Waals surface area (Å²) in [6.07, 6.45) is 0. The van der Waals surface area contributed by atoms with Crippen molar-refractivity contribution >= 4 is 46.2 Å². The van der Waals surface area contributed by atoms with Crippen molar-refractivity contribution in [2.24, 2.45) is 0 Å². The van der Waals surface area contributed by atoms with E-state index in [2.05, 4.69) is 0 Å². The van der Waals surface area contributed by atoms with Crippen LogP contribution in [-0.2, 0) is 0 Å². The minimum absolute atomic E-state index is 0.570. The van der Waals surface area contributed by atoms with Gasteiger partial charge in [0.25, 0.3) is 0 Å². The summed E-state index contributed by atoms with van der Waals surface area (Å²) in [5, 5.41) is 0. The fourth-order valence-corrected chi connectivity index (χ4v) is 3.72. The predicted octanol–water partition coefficient (Wildman–Crippen LogP) is 6.95. The molecule has 0 spiro atoms. The molecule has 0 aromatic heterocycles. The second kappa shape index (κ2) is 8.95. The van der Waals surface area contributed by atoms with Gasteiger partial charge in [0.15, 0.2) is 0 Å². The topological polar surface area (TPSA) is 21.7 Å². The molecule has 0 amide bonds. The van der Waals surface area contributed by atoms with Crippen LogP contribution in [-0.4, -0.2) is 18.0 Å². The molecular weight excluding hydrogens is 417 g/mol. The van der Waals surface area contributed by atoms with E-state index >= 15 is 0 Å². The molecule has 0 saturated carbocycles. The number of alkyl halides is 3. The van der Waals surface area contributed by atoms with Gasteiger partial charge in [-0.2, -0.15) is 0 Å². The number of anilines is 2. The van der Waals surface area contributed by atoms with E-state index < -0.39 is 9.83 Å². The summed E-state index contributed by atoms with van der Waals surface area (Å²) in [7, 11) is 3.25. The Bertz CT molecular complexity index is 878. The molecule has 6 heteroatoms. The number of para-hydroxylation sites is 1. The summed E-state index contributed by atoms with van der Waals surface area (Å²) in [6, 6.07) is 24.4. The molecule has 0 aliphatic heterocycles. The first-order valence-electron chi connectivity index (χ1n) is 8.63. The third-order valence-electron chi connectivity index (χ3n) is 4.38. The van der Waals surface area contributed by atoms with E-state index in [9.17, 15) is 0 Å². The molecule has 0 N–H and O–H groups in total. The molecule has 1 atom stereocenters. The van der Waals surface area contributed by atoms with E-state index in [1.54, 1.807) is 14.2 Å². The highest BCUT2D eigenvalue weighted by atomic mass is 35.6. The Morgan fingerprint density at radius 2 is 1.14 bits per heavy atom. The highest BCUT2D eigenvalue weighted by molar-refractivity contribution is 6.68. The molecular formula is C22H20Cl3NO2. The van der Waals surface area contributed by atoms with Crippen LogP contribution in [0, 0.1) is 0 Å². The van der Waals surface area contributed by atoms with Crippen LogP contribution in [0.25, 0.3) is 0 Å². The molecule has 0 fully saturated rings. The Hall–Kier alpha value is -2.07. The first-order chi connectivity index (χ1) is 13.4. The minimum Gasteiger partial charge on any atom is -0.497 e. The summed E-state index contributed by atoms with van der Waals surface area (Å²) >= 11 is 19.5. The smallest absolute Gasteiger partial charge is 0.215 e. The van der Waals surface area contributed by atoms with Crippen molar-refractivity contribution in [1.29, 1.82) is 0 Å². The molecule has 3 aromatic carbocycles. The van der Waals surface area contributed by atoms with Gasteiger partial charge in [0, 0.05) is 11.4 Å². The minimum atomic E-state index is -1.59. The Kier molecular flexibility index (Phi) is 6.61. The van der Waals surface area contributed by atoms with Crippen LogP contribution in [0.3, 0.4) is 0 Å². The van der Waals surface area contributed by atoms with E-state index in [4.69, 9.17) is 44.3 Å². The maximum Gasteiger partial charge on any atom is 0.215 e. The third kappa shape index (κ3) is 4.67. The molecule has 3 rings (SSSR count). The zero-order chi connectivity index (χ0) is 20.1. The van der Waals surface area contributed by atoms with Gasteiger partial charge in [-0.3, -0.25) is 0 Å². The Morgan fingerprint density at radius 1 is 0.679 bits per heavy atom.